The predicted octanol–water partition coefficient (Wildman–Crippen LogP) is 5.47. The van der Waals surface area contributed by atoms with E-state index in [1.54, 1.807) is 14.0 Å². The molecule has 27 heavy (non-hydrogen) atoms. The Labute approximate surface area is 161 Å². The number of hydrogen-bond acceptors (Lipinski definition) is 2. The second kappa shape index (κ2) is 9.18. The van der Waals surface area contributed by atoms with Gasteiger partial charge in [-0.25, -0.2) is 0 Å². The Balaban J connectivity index is 1.49. The first-order chi connectivity index (χ1) is 13.1. The summed E-state index contributed by atoms with van der Waals surface area (Å²) in [4.78, 5) is 11.3. The van der Waals surface area contributed by atoms with Crippen LogP contribution in [0.3, 0.4) is 0 Å². The maximum Gasteiger partial charge on any atom is 0.159 e. The van der Waals surface area contributed by atoms with Crippen molar-refractivity contribution in [2.24, 2.45) is 0 Å². The van der Waals surface area contributed by atoms with Crippen molar-refractivity contribution in [3.8, 4) is 5.75 Å². The summed E-state index contributed by atoms with van der Waals surface area (Å²) in [5.41, 5.74) is 6.08. The summed E-state index contributed by atoms with van der Waals surface area (Å²) < 4.78 is 5.20. The summed E-state index contributed by atoms with van der Waals surface area (Å²) in [6.07, 6.45) is 4.08. The molecule has 0 aliphatic carbocycles. The summed E-state index contributed by atoms with van der Waals surface area (Å²) >= 11 is 0. The number of hydrogen-bond donors (Lipinski definition) is 0. The molecule has 138 valence electrons. The normalized spacial score (nSPS) is 10.6. The summed E-state index contributed by atoms with van der Waals surface area (Å²) in [5, 5.41) is 0. The van der Waals surface area contributed by atoms with E-state index in [2.05, 4.69) is 48.5 Å². The van der Waals surface area contributed by atoms with Gasteiger partial charge in [0.2, 0.25) is 0 Å². The molecule has 0 spiro atoms. The highest BCUT2D eigenvalue weighted by Crippen LogP contribution is 2.15. The molecule has 0 amide bonds. The Bertz CT molecular complexity index is 860. The Kier molecular flexibility index (Phi) is 6.43. The van der Waals surface area contributed by atoms with Gasteiger partial charge in [-0.15, -0.1) is 0 Å². The van der Waals surface area contributed by atoms with Gasteiger partial charge in [-0.3, -0.25) is 4.79 Å². The van der Waals surface area contributed by atoms with Crippen LogP contribution >= 0.6 is 0 Å². The molecule has 0 fully saturated rings. The van der Waals surface area contributed by atoms with Crippen molar-refractivity contribution in [1.82, 2.24) is 0 Å². The lowest BCUT2D eigenvalue weighted by Crippen LogP contribution is -1.96. The number of benzene rings is 3. The number of carbonyl (C=O) groups is 1. The lowest BCUT2D eigenvalue weighted by atomic mass is 9.99. The van der Waals surface area contributed by atoms with E-state index in [4.69, 9.17) is 4.74 Å². The van der Waals surface area contributed by atoms with Gasteiger partial charge >= 0.3 is 0 Å². The van der Waals surface area contributed by atoms with Gasteiger partial charge < -0.3 is 4.74 Å². The zero-order valence-corrected chi connectivity index (χ0v) is 16.1. The van der Waals surface area contributed by atoms with Crippen molar-refractivity contribution in [1.29, 1.82) is 0 Å². The molecule has 0 saturated heterocycles. The summed E-state index contributed by atoms with van der Waals surface area (Å²) in [6, 6.07) is 25.2. The third-order valence-electron chi connectivity index (χ3n) is 4.95. The number of carbonyl (C=O) groups excluding carboxylic acids is 1. The van der Waals surface area contributed by atoms with E-state index in [0.29, 0.717) is 0 Å². The highest BCUT2D eigenvalue weighted by atomic mass is 16.5. The van der Waals surface area contributed by atoms with Crippen molar-refractivity contribution in [3.05, 3.63) is 101 Å². The van der Waals surface area contributed by atoms with Crippen molar-refractivity contribution < 1.29 is 9.53 Å². The lowest BCUT2D eigenvalue weighted by Gasteiger charge is -2.06. The Hall–Kier alpha value is -2.87. The van der Waals surface area contributed by atoms with E-state index in [-0.39, 0.29) is 5.78 Å². The van der Waals surface area contributed by atoms with Crippen LogP contribution in [0, 0.1) is 0 Å². The number of Topliss-reactive ketones (excluding diaryl/α,β-unsaturated/α-hetero) is 1. The predicted molar refractivity (Wildman–Crippen MR) is 111 cm³/mol. The van der Waals surface area contributed by atoms with E-state index in [0.717, 1.165) is 37.0 Å². The average Bonchev–Trinajstić information content (AvgIpc) is 2.72. The summed E-state index contributed by atoms with van der Waals surface area (Å²) in [6.45, 7) is 1.60. The molecule has 0 aromatic heterocycles. The van der Waals surface area contributed by atoms with Crippen LogP contribution in [-0.4, -0.2) is 12.9 Å². The Morgan fingerprint density at radius 1 is 0.630 bits per heavy atom. The topological polar surface area (TPSA) is 26.3 Å². The maximum atomic E-state index is 11.3. The first-order valence-corrected chi connectivity index (χ1v) is 9.44. The van der Waals surface area contributed by atoms with Gasteiger partial charge in [0.1, 0.15) is 5.75 Å². The van der Waals surface area contributed by atoms with Crippen LogP contribution in [0.2, 0.25) is 0 Å². The van der Waals surface area contributed by atoms with Crippen molar-refractivity contribution >= 4 is 5.78 Å². The standard InChI is InChI=1S/C25H26O2/c1-19(26)24-15-11-22(12-16-24)9-7-20-3-5-21(6-4-20)8-10-23-13-17-25(27-2)18-14-23/h3-6,11-18H,7-10H2,1-2H3. The van der Waals surface area contributed by atoms with Gasteiger partial charge in [0, 0.05) is 5.56 Å². The van der Waals surface area contributed by atoms with Crippen LogP contribution < -0.4 is 4.74 Å². The Morgan fingerprint density at radius 2 is 0.963 bits per heavy atom. The zero-order chi connectivity index (χ0) is 19.1. The van der Waals surface area contributed by atoms with Crippen molar-refractivity contribution in [2.45, 2.75) is 32.6 Å². The van der Waals surface area contributed by atoms with Gasteiger partial charge in [0.25, 0.3) is 0 Å². The first kappa shape index (κ1) is 18.9. The maximum absolute atomic E-state index is 11.3. The fourth-order valence-corrected chi connectivity index (χ4v) is 3.15. The van der Waals surface area contributed by atoms with Gasteiger partial charge in [-0.1, -0.05) is 60.7 Å². The van der Waals surface area contributed by atoms with Crippen LogP contribution in [0.4, 0.5) is 0 Å². The molecule has 0 radical (unpaired) electrons. The second-order valence-corrected chi connectivity index (χ2v) is 6.92. The van der Waals surface area contributed by atoms with Crippen LogP contribution in [0.1, 0.15) is 39.5 Å². The first-order valence-electron chi connectivity index (χ1n) is 9.44. The SMILES string of the molecule is COc1ccc(CCc2ccc(CCc3ccc(C(C)=O)cc3)cc2)cc1. The van der Waals surface area contributed by atoms with Crippen LogP contribution in [0.25, 0.3) is 0 Å². The van der Waals surface area contributed by atoms with E-state index < -0.39 is 0 Å². The zero-order valence-electron chi connectivity index (χ0n) is 16.1. The van der Waals surface area contributed by atoms with E-state index in [1.165, 1.54) is 22.3 Å². The number of rotatable bonds is 8. The second-order valence-electron chi connectivity index (χ2n) is 6.92. The molecule has 3 rings (SSSR count). The number of ether oxygens (including phenoxy) is 1. The van der Waals surface area contributed by atoms with Crippen LogP contribution in [-0.2, 0) is 25.7 Å². The molecule has 0 N–H and O–H groups in total. The molecule has 0 heterocycles. The van der Waals surface area contributed by atoms with Gasteiger partial charge in [0.05, 0.1) is 7.11 Å². The van der Waals surface area contributed by atoms with E-state index in [9.17, 15) is 4.79 Å². The quantitative estimate of drug-likeness (QED) is 0.499. The van der Waals surface area contributed by atoms with E-state index in [1.807, 2.05) is 24.3 Å². The third kappa shape index (κ3) is 5.55. The fraction of sp³-hybridized carbons (Fsp3) is 0.240. The van der Waals surface area contributed by atoms with Crippen LogP contribution in [0.5, 0.6) is 5.75 Å². The third-order valence-corrected chi connectivity index (χ3v) is 4.95. The molecule has 3 aromatic carbocycles. The summed E-state index contributed by atoms with van der Waals surface area (Å²) in [7, 11) is 1.69. The highest BCUT2D eigenvalue weighted by Gasteiger charge is 2.01. The number of methoxy groups -OCH3 is 1. The fourth-order valence-electron chi connectivity index (χ4n) is 3.15. The lowest BCUT2D eigenvalue weighted by molar-refractivity contribution is 0.101. The van der Waals surface area contributed by atoms with Crippen molar-refractivity contribution in [3.63, 3.8) is 0 Å². The number of aryl methyl sites for hydroxylation is 4. The summed E-state index contributed by atoms with van der Waals surface area (Å²) in [5.74, 6) is 1.02. The van der Waals surface area contributed by atoms with Crippen molar-refractivity contribution in [2.75, 3.05) is 7.11 Å². The van der Waals surface area contributed by atoms with E-state index >= 15 is 0 Å². The monoisotopic (exact) mass is 358 g/mol. The average molecular weight is 358 g/mol. The molecule has 0 saturated carbocycles. The molecule has 0 unspecified atom stereocenters. The smallest absolute Gasteiger partial charge is 0.159 e. The molecule has 2 nitrogen and oxygen atoms in total. The van der Waals surface area contributed by atoms with Gasteiger partial charge in [-0.05, 0) is 67.0 Å². The minimum Gasteiger partial charge on any atom is -0.497 e. The molecule has 2 heteroatoms. The molecule has 0 aliphatic rings. The number of ketones is 1. The van der Waals surface area contributed by atoms with Crippen LogP contribution in [0.15, 0.2) is 72.8 Å². The molecule has 0 aliphatic heterocycles. The minimum atomic E-state index is 0.117. The minimum absolute atomic E-state index is 0.117. The largest absolute Gasteiger partial charge is 0.497 e. The highest BCUT2D eigenvalue weighted by molar-refractivity contribution is 5.94. The molecule has 3 aromatic rings. The molecular formula is C25H26O2. The molecular weight excluding hydrogens is 332 g/mol. The van der Waals surface area contributed by atoms with Gasteiger partial charge in [-0.2, -0.15) is 0 Å². The Morgan fingerprint density at radius 3 is 1.30 bits per heavy atom. The molecule has 0 atom stereocenters. The van der Waals surface area contributed by atoms with Gasteiger partial charge in [0.15, 0.2) is 5.78 Å². The molecule has 0 bridgehead atoms.